The van der Waals surface area contributed by atoms with E-state index in [1.807, 2.05) is 13.8 Å². The van der Waals surface area contributed by atoms with Crippen molar-refractivity contribution in [2.45, 2.75) is 25.7 Å². The van der Waals surface area contributed by atoms with Gasteiger partial charge in [-0.05, 0) is 12.1 Å². The number of rotatable bonds is 3. The molecule has 1 fully saturated rings. The molecule has 2 heterocycles. The SMILES string of the molecule is Cc1nc2ccc(S(=O)(=O)N3CCN(C(=O)C(C)C)CC3)cc2o1. The summed E-state index contributed by atoms with van der Waals surface area (Å²) in [4.78, 5) is 18.1. The van der Waals surface area contributed by atoms with E-state index in [0.717, 1.165) is 0 Å². The van der Waals surface area contributed by atoms with E-state index in [9.17, 15) is 13.2 Å². The van der Waals surface area contributed by atoms with Gasteiger partial charge in [-0.3, -0.25) is 4.79 Å². The van der Waals surface area contributed by atoms with Gasteiger partial charge in [0.1, 0.15) is 5.52 Å². The molecule has 1 aliphatic heterocycles. The molecule has 2 aromatic rings. The Hall–Kier alpha value is -1.93. The Morgan fingerprint density at radius 1 is 1.21 bits per heavy atom. The van der Waals surface area contributed by atoms with E-state index >= 15 is 0 Å². The van der Waals surface area contributed by atoms with Crippen molar-refractivity contribution in [3.8, 4) is 0 Å². The Bertz CT molecular complexity index is 865. The number of hydrogen-bond acceptors (Lipinski definition) is 5. The number of amides is 1. The molecule has 7 nitrogen and oxygen atoms in total. The Labute approximate surface area is 141 Å². The second-order valence-corrected chi connectivity index (χ2v) is 8.18. The molecular formula is C16H21N3O4S. The van der Waals surface area contributed by atoms with E-state index in [0.29, 0.717) is 43.2 Å². The maximum Gasteiger partial charge on any atom is 0.243 e. The van der Waals surface area contributed by atoms with Crippen molar-refractivity contribution >= 4 is 27.0 Å². The molecule has 0 radical (unpaired) electrons. The fraction of sp³-hybridized carbons (Fsp3) is 0.500. The van der Waals surface area contributed by atoms with Gasteiger partial charge < -0.3 is 9.32 Å². The minimum absolute atomic E-state index is 0.0607. The van der Waals surface area contributed by atoms with E-state index in [1.165, 1.54) is 10.4 Å². The molecule has 0 saturated carbocycles. The molecule has 24 heavy (non-hydrogen) atoms. The van der Waals surface area contributed by atoms with Crippen LogP contribution in [0.1, 0.15) is 19.7 Å². The van der Waals surface area contributed by atoms with Crippen molar-refractivity contribution in [3.63, 3.8) is 0 Å². The van der Waals surface area contributed by atoms with Crippen LogP contribution in [0.15, 0.2) is 27.5 Å². The van der Waals surface area contributed by atoms with Crippen molar-refractivity contribution in [1.29, 1.82) is 0 Å². The van der Waals surface area contributed by atoms with Gasteiger partial charge >= 0.3 is 0 Å². The number of carbonyl (C=O) groups is 1. The van der Waals surface area contributed by atoms with Crippen LogP contribution >= 0.6 is 0 Å². The molecule has 8 heteroatoms. The Kier molecular flexibility index (Phi) is 4.35. The highest BCUT2D eigenvalue weighted by Gasteiger charge is 2.31. The Balaban J connectivity index is 1.79. The number of sulfonamides is 1. The van der Waals surface area contributed by atoms with E-state index in [1.54, 1.807) is 24.0 Å². The zero-order chi connectivity index (χ0) is 17.5. The lowest BCUT2D eigenvalue weighted by molar-refractivity contribution is -0.135. The van der Waals surface area contributed by atoms with Crippen molar-refractivity contribution in [2.24, 2.45) is 5.92 Å². The molecule has 0 spiro atoms. The third-order valence-corrected chi connectivity index (χ3v) is 6.04. The van der Waals surface area contributed by atoms with E-state index in [-0.39, 0.29) is 16.7 Å². The van der Waals surface area contributed by atoms with Crippen LogP contribution in [0.4, 0.5) is 0 Å². The van der Waals surface area contributed by atoms with Crippen LogP contribution in [0.25, 0.3) is 11.1 Å². The summed E-state index contributed by atoms with van der Waals surface area (Å²) in [6, 6.07) is 4.71. The first-order chi connectivity index (χ1) is 11.3. The average Bonchev–Trinajstić information content (AvgIpc) is 2.93. The zero-order valence-corrected chi connectivity index (χ0v) is 14.8. The van der Waals surface area contributed by atoms with Crippen molar-refractivity contribution < 1.29 is 17.6 Å². The van der Waals surface area contributed by atoms with Gasteiger partial charge in [-0.2, -0.15) is 4.31 Å². The molecule has 0 N–H and O–H groups in total. The number of nitrogens with zero attached hydrogens (tertiary/aromatic N) is 3. The minimum atomic E-state index is -3.61. The van der Waals surface area contributed by atoms with Crippen LogP contribution in [-0.4, -0.2) is 54.7 Å². The smallest absolute Gasteiger partial charge is 0.243 e. The summed E-state index contributed by atoms with van der Waals surface area (Å²) in [5.41, 5.74) is 1.10. The standard InChI is InChI=1S/C16H21N3O4S/c1-11(2)16(20)18-6-8-19(9-7-18)24(21,22)13-4-5-14-15(10-13)23-12(3)17-14/h4-5,10-11H,6-9H2,1-3H3. The van der Waals surface area contributed by atoms with Crippen LogP contribution in [0, 0.1) is 12.8 Å². The predicted octanol–water partition coefficient (Wildman–Crippen LogP) is 1.63. The lowest BCUT2D eigenvalue weighted by atomic mass is 10.2. The lowest BCUT2D eigenvalue weighted by Crippen LogP contribution is -2.51. The quantitative estimate of drug-likeness (QED) is 0.839. The number of carbonyl (C=O) groups excluding carboxylic acids is 1. The van der Waals surface area contributed by atoms with Crippen LogP contribution < -0.4 is 0 Å². The van der Waals surface area contributed by atoms with Gasteiger partial charge in [0, 0.05) is 45.1 Å². The minimum Gasteiger partial charge on any atom is -0.441 e. The Morgan fingerprint density at radius 2 is 1.88 bits per heavy atom. The number of benzene rings is 1. The van der Waals surface area contributed by atoms with Gasteiger partial charge in [-0.15, -0.1) is 0 Å². The van der Waals surface area contributed by atoms with Crippen LogP contribution in [0.5, 0.6) is 0 Å². The zero-order valence-electron chi connectivity index (χ0n) is 14.0. The lowest BCUT2D eigenvalue weighted by Gasteiger charge is -2.34. The normalized spacial score (nSPS) is 16.9. The van der Waals surface area contributed by atoms with E-state index in [4.69, 9.17) is 4.42 Å². The first kappa shape index (κ1) is 16.9. The molecule has 0 bridgehead atoms. The highest BCUT2D eigenvalue weighted by atomic mass is 32.2. The summed E-state index contributed by atoms with van der Waals surface area (Å²) in [7, 11) is -3.61. The molecule has 1 saturated heterocycles. The third kappa shape index (κ3) is 3.03. The number of aryl methyl sites for hydroxylation is 1. The molecule has 0 atom stereocenters. The van der Waals surface area contributed by atoms with Crippen LogP contribution in [0.3, 0.4) is 0 Å². The fourth-order valence-corrected chi connectivity index (χ4v) is 4.28. The monoisotopic (exact) mass is 351 g/mol. The summed E-state index contributed by atoms with van der Waals surface area (Å²) in [5.74, 6) is 0.483. The molecule has 0 aliphatic carbocycles. The number of aromatic nitrogens is 1. The van der Waals surface area contributed by atoms with E-state index < -0.39 is 10.0 Å². The van der Waals surface area contributed by atoms with Gasteiger partial charge in [0.2, 0.25) is 15.9 Å². The fourth-order valence-electron chi connectivity index (χ4n) is 2.84. The van der Waals surface area contributed by atoms with Crippen LogP contribution in [-0.2, 0) is 14.8 Å². The average molecular weight is 351 g/mol. The Morgan fingerprint density at radius 3 is 2.50 bits per heavy atom. The molecule has 1 amide bonds. The molecule has 0 unspecified atom stereocenters. The van der Waals surface area contributed by atoms with Crippen molar-refractivity contribution in [1.82, 2.24) is 14.2 Å². The largest absolute Gasteiger partial charge is 0.441 e. The summed E-state index contributed by atoms with van der Waals surface area (Å²) < 4.78 is 32.5. The second kappa shape index (κ2) is 6.18. The molecular weight excluding hydrogens is 330 g/mol. The van der Waals surface area contributed by atoms with E-state index in [2.05, 4.69) is 4.98 Å². The highest BCUT2D eigenvalue weighted by Crippen LogP contribution is 2.23. The molecule has 1 aromatic carbocycles. The number of piperazine rings is 1. The van der Waals surface area contributed by atoms with Crippen LogP contribution in [0.2, 0.25) is 0 Å². The van der Waals surface area contributed by atoms with Gasteiger partial charge in [0.25, 0.3) is 0 Å². The number of fused-ring (bicyclic) bond motifs is 1. The molecule has 130 valence electrons. The van der Waals surface area contributed by atoms with Crippen molar-refractivity contribution in [3.05, 3.63) is 24.1 Å². The molecule has 3 rings (SSSR count). The predicted molar refractivity (Wildman–Crippen MR) is 88.9 cm³/mol. The topological polar surface area (TPSA) is 83.7 Å². The third-order valence-electron chi connectivity index (χ3n) is 4.15. The van der Waals surface area contributed by atoms with Gasteiger partial charge in [0.05, 0.1) is 4.90 Å². The van der Waals surface area contributed by atoms with Gasteiger partial charge in [0.15, 0.2) is 11.5 Å². The second-order valence-electron chi connectivity index (χ2n) is 6.25. The summed E-state index contributed by atoms with van der Waals surface area (Å²) in [5, 5.41) is 0. The first-order valence-corrected chi connectivity index (χ1v) is 9.39. The van der Waals surface area contributed by atoms with Gasteiger partial charge in [-0.1, -0.05) is 13.8 Å². The van der Waals surface area contributed by atoms with Crippen molar-refractivity contribution in [2.75, 3.05) is 26.2 Å². The molecule has 1 aliphatic rings. The van der Waals surface area contributed by atoms with Gasteiger partial charge in [-0.25, -0.2) is 13.4 Å². The molecule has 1 aromatic heterocycles. The summed E-state index contributed by atoms with van der Waals surface area (Å²) >= 11 is 0. The number of oxazole rings is 1. The summed E-state index contributed by atoms with van der Waals surface area (Å²) in [6.45, 7) is 6.85. The maximum atomic E-state index is 12.8. The highest BCUT2D eigenvalue weighted by molar-refractivity contribution is 7.89. The summed E-state index contributed by atoms with van der Waals surface area (Å²) in [6.07, 6.45) is 0. The first-order valence-electron chi connectivity index (χ1n) is 7.95. The number of hydrogen-bond donors (Lipinski definition) is 0. The maximum absolute atomic E-state index is 12.8.